The fourth-order valence-corrected chi connectivity index (χ4v) is 2.62. The topological polar surface area (TPSA) is 95.9 Å². The minimum Gasteiger partial charge on any atom is -0.464 e. The molecule has 0 aliphatic carbocycles. The molecular formula is C15H27N5O3S. The molecule has 0 fully saturated rings. The summed E-state index contributed by atoms with van der Waals surface area (Å²) in [5, 5.41) is 16.7. The number of amidine groups is 1. The molecule has 8 nitrogen and oxygen atoms in total. The maximum Gasteiger partial charge on any atom is 0.259 e. The number of hydrogen-bond acceptors (Lipinski definition) is 7. The fraction of sp³-hybridized carbons (Fsp3) is 0.667. The van der Waals surface area contributed by atoms with Crippen molar-refractivity contribution < 1.29 is 9.34 Å². The number of nitrogens with zero attached hydrogens (tertiary/aromatic N) is 3. The van der Waals surface area contributed by atoms with E-state index in [1.165, 1.54) is 0 Å². The molecular weight excluding hydrogens is 330 g/mol. The van der Waals surface area contributed by atoms with Crippen LogP contribution in [-0.2, 0) is 12.3 Å². The molecule has 9 heteroatoms. The Morgan fingerprint density at radius 3 is 2.79 bits per heavy atom. The van der Waals surface area contributed by atoms with Gasteiger partial charge in [-0.3, -0.25) is 15.1 Å². The van der Waals surface area contributed by atoms with Crippen LogP contribution in [0.1, 0.15) is 11.5 Å². The predicted octanol–water partition coefficient (Wildman–Crippen LogP) is 1.06. The molecule has 0 saturated carbocycles. The van der Waals surface area contributed by atoms with Gasteiger partial charge >= 0.3 is 0 Å². The molecule has 0 saturated heterocycles. The van der Waals surface area contributed by atoms with E-state index in [2.05, 4.69) is 20.5 Å². The number of furan rings is 1. The first-order valence-electron chi connectivity index (χ1n) is 7.83. The van der Waals surface area contributed by atoms with Crippen LogP contribution in [0.15, 0.2) is 21.5 Å². The fourth-order valence-electron chi connectivity index (χ4n) is 1.88. The van der Waals surface area contributed by atoms with E-state index in [-0.39, 0.29) is 11.5 Å². The van der Waals surface area contributed by atoms with Crippen molar-refractivity contribution in [2.24, 2.45) is 4.99 Å². The van der Waals surface area contributed by atoms with Gasteiger partial charge in [0.2, 0.25) is 0 Å². The van der Waals surface area contributed by atoms with Crippen LogP contribution in [-0.4, -0.2) is 68.7 Å². The van der Waals surface area contributed by atoms with Crippen LogP contribution in [0, 0.1) is 10.1 Å². The molecule has 0 aliphatic rings. The van der Waals surface area contributed by atoms with Gasteiger partial charge in [-0.05, 0) is 26.2 Å². The lowest BCUT2D eigenvalue weighted by atomic mass is 10.4. The van der Waals surface area contributed by atoms with Gasteiger partial charge in [-0.25, -0.2) is 0 Å². The van der Waals surface area contributed by atoms with Crippen LogP contribution < -0.4 is 10.6 Å². The number of nitrogens with one attached hydrogen (secondary N) is 2. The zero-order valence-electron chi connectivity index (χ0n) is 14.6. The molecule has 0 atom stereocenters. The summed E-state index contributed by atoms with van der Waals surface area (Å²) in [6.07, 6.45) is 0. The normalized spacial score (nSPS) is 11.9. The average Bonchev–Trinajstić information content (AvgIpc) is 2.97. The van der Waals surface area contributed by atoms with Gasteiger partial charge in [0, 0.05) is 37.4 Å². The van der Waals surface area contributed by atoms with Gasteiger partial charge in [-0.1, -0.05) is 0 Å². The largest absolute Gasteiger partial charge is 0.464 e. The summed E-state index contributed by atoms with van der Waals surface area (Å²) >= 11 is 1.72. The lowest BCUT2D eigenvalue weighted by Gasteiger charge is -2.09. The molecule has 0 radical (unpaired) electrons. The summed E-state index contributed by atoms with van der Waals surface area (Å²) in [6, 6.07) is 3.99. The highest BCUT2D eigenvalue weighted by Gasteiger charge is 2.06. The quantitative estimate of drug-likeness (QED) is 0.190. The van der Waals surface area contributed by atoms with E-state index in [1.54, 1.807) is 18.8 Å². The van der Waals surface area contributed by atoms with E-state index in [0.717, 1.165) is 42.7 Å². The SMILES string of the molecule is CN=C(C[N+](=O)[O-])NCCSCc1ccc(CNCCN(C)C)o1. The van der Waals surface area contributed by atoms with Crippen molar-refractivity contribution in [3.05, 3.63) is 33.8 Å². The van der Waals surface area contributed by atoms with Gasteiger partial charge in [0.05, 0.1) is 12.3 Å². The standard InChI is InChI=1S/C15H27N5O3S/c1-16-15(11-20(21)22)18-7-9-24-12-14-5-4-13(23-14)10-17-6-8-19(2)3/h4-5,17H,6-12H2,1-3H3,(H,16,18). The summed E-state index contributed by atoms with van der Waals surface area (Å²) in [5.74, 6) is 3.90. The maximum absolute atomic E-state index is 10.4. The van der Waals surface area contributed by atoms with Crippen molar-refractivity contribution in [2.75, 3.05) is 53.1 Å². The van der Waals surface area contributed by atoms with E-state index in [1.807, 2.05) is 26.2 Å². The molecule has 1 aromatic heterocycles. The smallest absolute Gasteiger partial charge is 0.259 e. The van der Waals surface area contributed by atoms with Gasteiger partial charge in [-0.15, -0.1) is 0 Å². The van der Waals surface area contributed by atoms with Crippen LogP contribution in [0.3, 0.4) is 0 Å². The Labute approximate surface area is 147 Å². The first kappa shape index (κ1) is 20.5. The Balaban J connectivity index is 2.14. The van der Waals surface area contributed by atoms with E-state index in [9.17, 15) is 10.1 Å². The highest BCUT2D eigenvalue weighted by atomic mass is 32.2. The second-order valence-corrected chi connectivity index (χ2v) is 6.59. The number of hydrogen-bond donors (Lipinski definition) is 2. The molecule has 1 aromatic rings. The lowest BCUT2D eigenvalue weighted by Crippen LogP contribution is -2.31. The number of rotatable bonds is 12. The second-order valence-electron chi connectivity index (χ2n) is 5.49. The molecule has 1 rings (SSSR count). The van der Waals surface area contributed by atoms with Crippen molar-refractivity contribution in [2.45, 2.75) is 12.3 Å². The Morgan fingerprint density at radius 2 is 2.12 bits per heavy atom. The second kappa shape index (κ2) is 11.9. The molecule has 0 spiro atoms. The molecule has 24 heavy (non-hydrogen) atoms. The van der Waals surface area contributed by atoms with Crippen molar-refractivity contribution in [1.82, 2.24) is 15.5 Å². The monoisotopic (exact) mass is 357 g/mol. The molecule has 0 amide bonds. The Bertz CT molecular complexity index is 519. The summed E-state index contributed by atoms with van der Waals surface area (Å²) in [4.78, 5) is 16.0. The zero-order valence-corrected chi connectivity index (χ0v) is 15.4. The predicted molar refractivity (Wildman–Crippen MR) is 98.4 cm³/mol. The van der Waals surface area contributed by atoms with Gasteiger partial charge < -0.3 is 20.0 Å². The minimum atomic E-state index is -0.389. The van der Waals surface area contributed by atoms with E-state index in [0.29, 0.717) is 12.4 Å². The number of aliphatic imine (C=N–C) groups is 1. The molecule has 0 bridgehead atoms. The molecule has 2 N–H and O–H groups in total. The van der Waals surface area contributed by atoms with Crippen molar-refractivity contribution in [3.8, 4) is 0 Å². The molecule has 0 unspecified atom stereocenters. The minimum absolute atomic E-state index is 0.260. The third kappa shape index (κ3) is 9.53. The summed E-state index contributed by atoms with van der Waals surface area (Å²) in [7, 11) is 5.65. The van der Waals surface area contributed by atoms with Gasteiger partial charge in [0.25, 0.3) is 6.54 Å². The maximum atomic E-state index is 10.4. The van der Waals surface area contributed by atoms with Crippen LogP contribution in [0.4, 0.5) is 0 Å². The summed E-state index contributed by atoms with van der Waals surface area (Å²) in [5.41, 5.74) is 0. The summed E-state index contributed by atoms with van der Waals surface area (Å²) in [6.45, 7) is 3.04. The Kier molecular flexibility index (Phi) is 10.1. The number of likely N-dealkylation sites (N-methyl/N-ethyl adjacent to an activating group) is 1. The van der Waals surface area contributed by atoms with Gasteiger partial charge in [-0.2, -0.15) is 11.8 Å². The number of thioether (sulfide) groups is 1. The molecule has 1 heterocycles. The molecule has 0 aromatic carbocycles. The third-order valence-electron chi connectivity index (χ3n) is 3.12. The van der Waals surface area contributed by atoms with Gasteiger partial charge in [0.15, 0.2) is 5.84 Å². The Hall–Kier alpha value is -1.58. The van der Waals surface area contributed by atoms with Crippen LogP contribution >= 0.6 is 11.8 Å². The first-order chi connectivity index (χ1) is 11.5. The van der Waals surface area contributed by atoms with Crippen LogP contribution in [0.2, 0.25) is 0 Å². The highest BCUT2D eigenvalue weighted by Crippen LogP contribution is 2.15. The zero-order chi connectivity index (χ0) is 17.8. The van der Waals surface area contributed by atoms with Crippen molar-refractivity contribution in [3.63, 3.8) is 0 Å². The van der Waals surface area contributed by atoms with E-state index in [4.69, 9.17) is 4.42 Å². The molecule has 0 aliphatic heterocycles. The Morgan fingerprint density at radius 1 is 1.38 bits per heavy atom. The first-order valence-corrected chi connectivity index (χ1v) is 8.99. The van der Waals surface area contributed by atoms with Crippen molar-refractivity contribution >= 4 is 17.6 Å². The van der Waals surface area contributed by atoms with Gasteiger partial charge in [0.1, 0.15) is 11.5 Å². The van der Waals surface area contributed by atoms with E-state index < -0.39 is 0 Å². The van der Waals surface area contributed by atoms with Crippen molar-refractivity contribution in [1.29, 1.82) is 0 Å². The summed E-state index contributed by atoms with van der Waals surface area (Å²) < 4.78 is 5.76. The van der Waals surface area contributed by atoms with E-state index >= 15 is 0 Å². The molecule has 136 valence electrons. The average molecular weight is 357 g/mol. The van der Waals surface area contributed by atoms with Crippen LogP contribution in [0.5, 0.6) is 0 Å². The third-order valence-corrected chi connectivity index (χ3v) is 4.10. The lowest BCUT2D eigenvalue weighted by molar-refractivity contribution is -0.463. The number of nitro groups is 1. The van der Waals surface area contributed by atoms with Crippen LogP contribution in [0.25, 0.3) is 0 Å². The highest BCUT2D eigenvalue weighted by molar-refractivity contribution is 7.98.